The van der Waals surface area contributed by atoms with E-state index in [1.165, 1.54) is 5.38 Å². The SMILES string of the molecule is CCCNC(c1csc2ccccc12)C(F)(F)C(F)(F)F. The molecule has 1 aromatic carbocycles. The summed E-state index contributed by atoms with van der Waals surface area (Å²) in [5, 5.41) is 4.15. The minimum atomic E-state index is -5.60. The highest BCUT2D eigenvalue weighted by Gasteiger charge is 2.62. The van der Waals surface area contributed by atoms with E-state index < -0.39 is 18.1 Å². The first-order valence-electron chi connectivity index (χ1n) is 6.43. The minimum Gasteiger partial charge on any atom is -0.305 e. The van der Waals surface area contributed by atoms with Crippen LogP contribution < -0.4 is 5.32 Å². The maximum absolute atomic E-state index is 13.8. The van der Waals surface area contributed by atoms with Gasteiger partial charge in [0, 0.05) is 4.70 Å². The third-order valence-corrected chi connectivity index (χ3v) is 4.14. The average Bonchev–Trinajstić information content (AvgIpc) is 2.82. The topological polar surface area (TPSA) is 12.0 Å². The molecule has 0 saturated carbocycles. The van der Waals surface area contributed by atoms with Gasteiger partial charge in [-0.25, -0.2) is 0 Å². The molecule has 2 aromatic rings. The van der Waals surface area contributed by atoms with Crippen molar-refractivity contribution in [3.63, 3.8) is 0 Å². The molecule has 0 spiro atoms. The summed E-state index contributed by atoms with van der Waals surface area (Å²) >= 11 is 1.16. The van der Waals surface area contributed by atoms with E-state index in [1.807, 2.05) is 0 Å². The molecule has 1 atom stereocenters. The zero-order chi connectivity index (χ0) is 15.7. The van der Waals surface area contributed by atoms with Crippen molar-refractivity contribution in [1.29, 1.82) is 0 Å². The van der Waals surface area contributed by atoms with E-state index in [0.29, 0.717) is 16.5 Å². The predicted octanol–water partition coefficient (Wildman–Crippen LogP) is 5.14. The molecule has 0 aliphatic rings. The standard InChI is InChI=1S/C14H14F5NS/c1-2-7-20-12(13(15,16)14(17,18)19)10-8-21-11-6-4-3-5-9(10)11/h3-6,8,12,20H,2,7H2,1H3. The average molecular weight is 323 g/mol. The number of fused-ring (bicyclic) bond motifs is 1. The molecule has 1 N–H and O–H groups in total. The van der Waals surface area contributed by atoms with Gasteiger partial charge in [0.2, 0.25) is 0 Å². The molecule has 0 bridgehead atoms. The lowest BCUT2D eigenvalue weighted by molar-refractivity contribution is -0.294. The van der Waals surface area contributed by atoms with Crippen LogP contribution in [0, 0.1) is 0 Å². The van der Waals surface area contributed by atoms with Gasteiger partial charge in [-0.1, -0.05) is 25.1 Å². The van der Waals surface area contributed by atoms with Gasteiger partial charge in [0.05, 0.1) is 0 Å². The van der Waals surface area contributed by atoms with Crippen LogP contribution >= 0.6 is 11.3 Å². The van der Waals surface area contributed by atoms with Crippen molar-refractivity contribution in [3.8, 4) is 0 Å². The molecule has 0 aliphatic carbocycles. The maximum Gasteiger partial charge on any atom is 0.455 e. The molecule has 0 saturated heterocycles. The molecular weight excluding hydrogens is 309 g/mol. The summed E-state index contributed by atoms with van der Waals surface area (Å²) in [4.78, 5) is 0. The summed E-state index contributed by atoms with van der Waals surface area (Å²) in [6, 6.07) is 4.54. The van der Waals surface area contributed by atoms with Crippen molar-refractivity contribution in [3.05, 3.63) is 35.2 Å². The Kier molecular flexibility index (Phi) is 4.53. The number of alkyl halides is 5. The van der Waals surface area contributed by atoms with E-state index in [9.17, 15) is 22.0 Å². The number of halogens is 5. The molecular formula is C14H14F5NS. The lowest BCUT2D eigenvalue weighted by atomic mass is 9.99. The number of benzene rings is 1. The maximum atomic E-state index is 13.8. The molecule has 116 valence electrons. The van der Waals surface area contributed by atoms with Crippen molar-refractivity contribution in [2.75, 3.05) is 6.54 Å². The molecule has 0 fully saturated rings. The van der Waals surface area contributed by atoms with Gasteiger partial charge in [-0.05, 0) is 35.4 Å². The Morgan fingerprint density at radius 3 is 2.43 bits per heavy atom. The Bertz CT molecular complexity index is 605. The van der Waals surface area contributed by atoms with Crippen LogP contribution in [0.25, 0.3) is 10.1 Å². The summed E-state index contributed by atoms with van der Waals surface area (Å²) in [5.41, 5.74) is -0.00799. The first-order valence-corrected chi connectivity index (χ1v) is 7.31. The molecule has 1 unspecified atom stereocenters. The molecule has 0 amide bonds. The van der Waals surface area contributed by atoms with Crippen LogP contribution in [0.3, 0.4) is 0 Å². The summed E-state index contributed by atoms with van der Waals surface area (Å²) < 4.78 is 66.5. The van der Waals surface area contributed by atoms with E-state index in [1.54, 1.807) is 31.2 Å². The van der Waals surface area contributed by atoms with Crippen molar-refractivity contribution in [2.24, 2.45) is 0 Å². The minimum absolute atomic E-state index is 0.00799. The first kappa shape index (κ1) is 16.2. The zero-order valence-electron chi connectivity index (χ0n) is 11.2. The Morgan fingerprint density at radius 1 is 1.14 bits per heavy atom. The Labute approximate surface area is 122 Å². The van der Waals surface area contributed by atoms with Crippen LogP contribution in [0.5, 0.6) is 0 Å². The lowest BCUT2D eigenvalue weighted by Gasteiger charge is -2.29. The summed E-state index contributed by atoms with van der Waals surface area (Å²) in [7, 11) is 0. The van der Waals surface area contributed by atoms with Gasteiger partial charge in [0.1, 0.15) is 6.04 Å². The van der Waals surface area contributed by atoms with Gasteiger partial charge in [0.25, 0.3) is 0 Å². The molecule has 0 radical (unpaired) electrons. The van der Waals surface area contributed by atoms with Gasteiger partial charge >= 0.3 is 12.1 Å². The van der Waals surface area contributed by atoms with Crippen molar-refractivity contribution >= 4 is 21.4 Å². The van der Waals surface area contributed by atoms with Crippen molar-refractivity contribution in [2.45, 2.75) is 31.5 Å². The smallest absolute Gasteiger partial charge is 0.305 e. The largest absolute Gasteiger partial charge is 0.455 e. The second-order valence-electron chi connectivity index (χ2n) is 4.70. The Balaban J connectivity index is 2.50. The van der Waals surface area contributed by atoms with Crippen molar-refractivity contribution < 1.29 is 22.0 Å². The number of thiophene rings is 1. The number of hydrogen-bond donors (Lipinski definition) is 1. The van der Waals surface area contributed by atoms with Crippen LogP contribution in [0.15, 0.2) is 29.6 Å². The van der Waals surface area contributed by atoms with Crippen LogP contribution in [-0.2, 0) is 0 Å². The summed E-state index contributed by atoms with van der Waals surface area (Å²) in [5.74, 6) is -4.83. The van der Waals surface area contributed by atoms with Crippen LogP contribution in [-0.4, -0.2) is 18.6 Å². The third kappa shape index (κ3) is 3.03. The van der Waals surface area contributed by atoms with Crippen molar-refractivity contribution in [1.82, 2.24) is 5.32 Å². The van der Waals surface area contributed by atoms with Gasteiger partial charge in [-0.15, -0.1) is 11.3 Å². The highest BCUT2D eigenvalue weighted by Crippen LogP contribution is 2.46. The fourth-order valence-electron chi connectivity index (χ4n) is 2.11. The molecule has 1 nitrogen and oxygen atoms in total. The monoisotopic (exact) mass is 323 g/mol. The first-order chi connectivity index (χ1) is 9.79. The highest BCUT2D eigenvalue weighted by molar-refractivity contribution is 7.17. The van der Waals surface area contributed by atoms with E-state index in [4.69, 9.17) is 0 Å². The Hall–Kier alpha value is -1.21. The second-order valence-corrected chi connectivity index (χ2v) is 5.61. The molecule has 1 aromatic heterocycles. The predicted molar refractivity (Wildman–Crippen MR) is 73.9 cm³/mol. The molecule has 7 heteroatoms. The molecule has 21 heavy (non-hydrogen) atoms. The number of rotatable bonds is 5. The van der Waals surface area contributed by atoms with Gasteiger partial charge < -0.3 is 5.32 Å². The fourth-order valence-corrected chi connectivity index (χ4v) is 3.09. The molecule has 1 heterocycles. The lowest BCUT2D eigenvalue weighted by Crippen LogP contribution is -2.48. The van der Waals surface area contributed by atoms with Crippen LogP contribution in [0.2, 0.25) is 0 Å². The number of nitrogens with one attached hydrogen (secondary N) is 1. The number of hydrogen-bond acceptors (Lipinski definition) is 2. The summed E-state index contributed by atoms with van der Waals surface area (Å²) in [6.45, 7) is 1.79. The Morgan fingerprint density at radius 2 is 1.81 bits per heavy atom. The fraction of sp³-hybridized carbons (Fsp3) is 0.429. The van der Waals surface area contributed by atoms with Crippen LogP contribution in [0.1, 0.15) is 24.9 Å². The van der Waals surface area contributed by atoms with E-state index in [-0.39, 0.29) is 12.1 Å². The van der Waals surface area contributed by atoms with Crippen LogP contribution in [0.4, 0.5) is 22.0 Å². The highest BCUT2D eigenvalue weighted by atomic mass is 32.1. The molecule has 0 aliphatic heterocycles. The zero-order valence-corrected chi connectivity index (χ0v) is 12.0. The summed E-state index contributed by atoms with van der Waals surface area (Å²) in [6.07, 6.45) is -5.13. The normalized spacial score (nSPS) is 14.6. The van der Waals surface area contributed by atoms with Gasteiger partial charge in [-0.2, -0.15) is 22.0 Å². The van der Waals surface area contributed by atoms with E-state index in [2.05, 4.69) is 5.32 Å². The van der Waals surface area contributed by atoms with E-state index >= 15 is 0 Å². The van der Waals surface area contributed by atoms with Gasteiger partial charge in [0.15, 0.2) is 0 Å². The van der Waals surface area contributed by atoms with Gasteiger partial charge in [-0.3, -0.25) is 0 Å². The van der Waals surface area contributed by atoms with E-state index in [0.717, 1.165) is 11.3 Å². The quantitative estimate of drug-likeness (QED) is 0.751. The molecule has 2 rings (SSSR count). The second kappa shape index (κ2) is 5.88. The third-order valence-electron chi connectivity index (χ3n) is 3.16.